The summed E-state index contributed by atoms with van der Waals surface area (Å²) in [5, 5.41) is 30.1. The van der Waals surface area contributed by atoms with Gasteiger partial charge in [-0.05, 0) is 19.1 Å². The molecule has 0 fully saturated rings. The van der Waals surface area contributed by atoms with Crippen LogP contribution in [0.2, 0.25) is 0 Å². The molecule has 17 heavy (non-hydrogen) atoms. The Morgan fingerprint density at radius 2 is 2.12 bits per heavy atom. The molecule has 94 valence electrons. The number of nitrogens with one attached hydrogen (secondary N) is 1. The Balaban J connectivity index is 2.64. The van der Waals surface area contributed by atoms with Gasteiger partial charge in [-0.1, -0.05) is 0 Å². The maximum atomic E-state index is 11.6. The second-order valence-electron chi connectivity index (χ2n) is 3.82. The van der Waals surface area contributed by atoms with E-state index >= 15 is 0 Å². The molecule has 0 saturated carbocycles. The van der Waals surface area contributed by atoms with Gasteiger partial charge in [-0.3, -0.25) is 4.79 Å². The Morgan fingerprint density at radius 3 is 2.65 bits per heavy atom. The molecule has 1 rings (SSSR count). The fraction of sp³-hybridized carbons (Fsp3) is 0.364. The maximum Gasteiger partial charge on any atom is 0.255 e. The second kappa shape index (κ2) is 5.51. The number of phenols is 2. The lowest BCUT2D eigenvalue weighted by molar-refractivity contribution is 0.0935. The van der Waals surface area contributed by atoms with Crippen LogP contribution in [0.3, 0.4) is 0 Å². The van der Waals surface area contributed by atoms with Crippen LogP contribution in [-0.2, 0) is 0 Å². The number of benzene rings is 1. The van der Waals surface area contributed by atoms with Crippen LogP contribution < -0.4 is 11.1 Å². The first-order chi connectivity index (χ1) is 7.91. The molecular formula is C11H16N2O4. The minimum Gasteiger partial charge on any atom is -0.508 e. The second-order valence-corrected chi connectivity index (χ2v) is 3.82. The summed E-state index contributed by atoms with van der Waals surface area (Å²) in [5.74, 6) is -0.952. The fourth-order valence-electron chi connectivity index (χ4n) is 1.19. The number of hydrogen-bond donors (Lipinski definition) is 5. The molecule has 0 aliphatic rings. The Bertz CT molecular complexity index is 406. The Hall–Kier alpha value is -1.79. The molecule has 0 aliphatic carbocycles. The van der Waals surface area contributed by atoms with Crippen LogP contribution in [0.4, 0.5) is 0 Å². The number of hydrogen-bond acceptors (Lipinski definition) is 5. The van der Waals surface area contributed by atoms with Crippen LogP contribution in [0, 0.1) is 0 Å². The number of aliphatic hydroxyl groups excluding tert-OH is 1. The quantitative estimate of drug-likeness (QED) is 0.488. The molecule has 0 bridgehead atoms. The van der Waals surface area contributed by atoms with Gasteiger partial charge in [0.25, 0.3) is 5.91 Å². The summed E-state index contributed by atoms with van der Waals surface area (Å²) in [6.45, 7) is 1.62. The van der Waals surface area contributed by atoms with E-state index in [1.165, 1.54) is 19.1 Å². The first-order valence-electron chi connectivity index (χ1n) is 5.15. The van der Waals surface area contributed by atoms with Crippen LogP contribution in [0.15, 0.2) is 18.2 Å². The van der Waals surface area contributed by atoms with Crippen molar-refractivity contribution in [3.05, 3.63) is 23.8 Å². The highest BCUT2D eigenvalue weighted by Gasteiger charge is 2.14. The van der Waals surface area contributed by atoms with Gasteiger partial charge in [0.2, 0.25) is 0 Å². The number of aliphatic hydroxyl groups is 1. The highest BCUT2D eigenvalue weighted by Crippen LogP contribution is 2.22. The monoisotopic (exact) mass is 240 g/mol. The third kappa shape index (κ3) is 3.61. The van der Waals surface area contributed by atoms with E-state index in [4.69, 9.17) is 15.9 Å². The van der Waals surface area contributed by atoms with E-state index in [0.29, 0.717) is 0 Å². The van der Waals surface area contributed by atoms with Crippen molar-refractivity contribution in [2.45, 2.75) is 19.1 Å². The van der Waals surface area contributed by atoms with Gasteiger partial charge in [0.05, 0.1) is 11.7 Å². The standard InChI is InChI=1S/C11H16N2O4/c1-6(14)9(12)5-13-11(17)8-3-2-7(15)4-10(8)16/h2-4,6,9,14-16H,5,12H2,1H3,(H,13,17). The summed E-state index contributed by atoms with van der Waals surface area (Å²) in [6, 6.07) is 3.10. The van der Waals surface area contributed by atoms with Gasteiger partial charge in [0.1, 0.15) is 11.5 Å². The van der Waals surface area contributed by atoms with Crippen molar-refractivity contribution in [1.29, 1.82) is 0 Å². The van der Waals surface area contributed by atoms with E-state index in [-0.39, 0.29) is 23.6 Å². The van der Waals surface area contributed by atoms with Gasteiger partial charge in [0.15, 0.2) is 0 Å². The molecule has 6 N–H and O–H groups in total. The molecule has 0 aliphatic heterocycles. The van der Waals surface area contributed by atoms with Gasteiger partial charge in [-0.15, -0.1) is 0 Å². The normalized spacial score (nSPS) is 14.1. The molecule has 0 heterocycles. The van der Waals surface area contributed by atoms with E-state index in [2.05, 4.69) is 5.32 Å². The fourth-order valence-corrected chi connectivity index (χ4v) is 1.19. The smallest absolute Gasteiger partial charge is 0.255 e. The lowest BCUT2D eigenvalue weighted by atomic mass is 10.1. The Kier molecular flexibility index (Phi) is 4.30. The van der Waals surface area contributed by atoms with E-state index in [9.17, 15) is 9.90 Å². The average molecular weight is 240 g/mol. The van der Waals surface area contributed by atoms with Crippen molar-refractivity contribution < 1.29 is 20.1 Å². The third-order valence-electron chi connectivity index (χ3n) is 2.34. The maximum absolute atomic E-state index is 11.6. The van der Waals surface area contributed by atoms with Crippen LogP contribution in [0.1, 0.15) is 17.3 Å². The molecule has 6 nitrogen and oxygen atoms in total. The number of nitrogens with two attached hydrogens (primary N) is 1. The highest BCUT2D eigenvalue weighted by atomic mass is 16.3. The lowest BCUT2D eigenvalue weighted by Gasteiger charge is -2.15. The highest BCUT2D eigenvalue weighted by molar-refractivity contribution is 5.97. The zero-order chi connectivity index (χ0) is 13.0. The minimum atomic E-state index is -0.733. The molecule has 0 saturated heterocycles. The number of rotatable bonds is 4. The molecule has 1 aromatic carbocycles. The summed E-state index contributed by atoms with van der Waals surface area (Å²) >= 11 is 0. The summed E-state index contributed by atoms with van der Waals surface area (Å²) in [4.78, 5) is 11.6. The summed E-state index contributed by atoms with van der Waals surface area (Å²) < 4.78 is 0. The number of phenolic OH excluding ortho intramolecular Hbond substituents is 2. The molecule has 2 unspecified atom stereocenters. The largest absolute Gasteiger partial charge is 0.508 e. The molecule has 2 atom stereocenters. The third-order valence-corrected chi connectivity index (χ3v) is 2.34. The van der Waals surface area contributed by atoms with E-state index in [0.717, 1.165) is 6.07 Å². The van der Waals surface area contributed by atoms with Crippen molar-refractivity contribution in [3.8, 4) is 11.5 Å². The van der Waals surface area contributed by atoms with E-state index in [1.54, 1.807) is 0 Å². The average Bonchev–Trinajstić information content (AvgIpc) is 2.25. The van der Waals surface area contributed by atoms with Gasteiger partial charge < -0.3 is 26.4 Å². The molecule has 6 heteroatoms. The predicted octanol–water partition coefficient (Wildman–Crippen LogP) is -0.464. The zero-order valence-electron chi connectivity index (χ0n) is 9.42. The molecule has 0 spiro atoms. The van der Waals surface area contributed by atoms with Crippen LogP contribution in [0.25, 0.3) is 0 Å². The first kappa shape index (κ1) is 13.3. The summed E-state index contributed by atoms with van der Waals surface area (Å²) in [6.07, 6.45) is -0.733. The van der Waals surface area contributed by atoms with Gasteiger partial charge in [0, 0.05) is 18.7 Å². The van der Waals surface area contributed by atoms with Crippen LogP contribution in [0.5, 0.6) is 11.5 Å². The predicted molar refractivity (Wildman–Crippen MR) is 61.8 cm³/mol. The Labute approximate surface area is 98.7 Å². The minimum absolute atomic E-state index is 0.0422. The number of aromatic hydroxyl groups is 2. The number of amides is 1. The number of carbonyl (C=O) groups is 1. The van der Waals surface area contributed by atoms with Crippen LogP contribution in [-0.4, -0.2) is 39.9 Å². The molecule has 0 aromatic heterocycles. The van der Waals surface area contributed by atoms with Gasteiger partial charge >= 0.3 is 0 Å². The van der Waals surface area contributed by atoms with Crippen molar-refractivity contribution in [3.63, 3.8) is 0 Å². The zero-order valence-corrected chi connectivity index (χ0v) is 9.42. The Morgan fingerprint density at radius 1 is 1.47 bits per heavy atom. The van der Waals surface area contributed by atoms with E-state index in [1.807, 2.05) is 0 Å². The molecular weight excluding hydrogens is 224 g/mol. The first-order valence-corrected chi connectivity index (χ1v) is 5.15. The summed E-state index contributed by atoms with van der Waals surface area (Å²) in [7, 11) is 0. The molecule has 1 amide bonds. The van der Waals surface area contributed by atoms with Gasteiger partial charge in [-0.25, -0.2) is 0 Å². The van der Waals surface area contributed by atoms with Crippen LogP contribution >= 0.6 is 0 Å². The SMILES string of the molecule is CC(O)C(N)CNC(=O)c1ccc(O)cc1O. The van der Waals surface area contributed by atoms with Crippen molar-refractivity contribution >= 4 is 5.91 Å². The molecule has 0 radical (unpaired) electrons. The summed E-state index contributed by atoms with van der Waals surface area (Å²) in [5.41, 5.74) is 5.58. The van der Waals surface area contributed by atoms with E-state index < -0.39 is 18.1 Å². The topological polar surface area (TPSA) is 116 Å². The van der Waals surface area contributed by atoms with Crippen molar-refractivity contribution in [1.82, 2.24) is 5.32 Å². The van der Waals surface area contributed by atoms with Crippen molar-refractivity contribution in [2.24, 2.45) is 5.73 Å². The van der Waals surface area contributed by atoms with Crippen molar-refractivity contribution in [2.75, 3.05) is 6.54 Å². The molecule has 1 aromatic rings. The van der Waals surface area contributed by atoms with Gasteiger partial charge in [-0.2, -0.15) is 0 Å². The lowest BCUT2D eigenvalue weighted by Crippen LogP contribution is -2.43. The number of carbonyl (C=O) groups excluding carboxylic acids is 1.